The minimum Gasteiger partial charge on any atom is -0.457 e. The van der Waals surface area contributed by atoms with Crippen molar-refractivity contribution in [3.05, 3.63) is 84.7 Å². The first-order valence-corrected chi connectivity index (χ1v) is 10.5. The van der Waals surface area contributed by atoms with Crippen molar-refractivity contribution in [2.75, 3.05) is 18.8 Å². The number of nitrogen functional groups attached to an aromatic ring is 1. The predicted molar refractivity (Wildman–Crippen MR) is 124 cm³/mol. The standard InChI is InChI=1S/C25H26N4O3/c1-2-22(30)28-14-12-17(13-15-28)21-16-29(24(23(21)26)25(27)31)18-8-10-20(11-9-18)32-19-6-4-3-5-7-19/h2-11,16-17H,1,12-15,26H2,(H2,27,31). The summed E-state index contributed by atoms with van der Waals surface area (Å²) in [5.41, 5.74) is 14.4. The molecule has 2 aromatic carbocycles. The molecule has 3 aromatic rings. The minimum atomic E-state index is -0.586. The van der Waals surface area contributed by atoms with Gasteiger partial charge in [0.15, 0.2) is 0 Å². The third-order valence-electron chi connectivity index (χ3n) is 5.82. The van der Waals surface area contributed by atoms with Crippen LogP contribution in [0.2, 0.25) is 0 Å². The van der Waals surface area contributed by atoms with Crippen LogP contribution in [0.5, 0.6) is 11.5 Å². The van der Waals surface area contributed by atoms with Crippen molar-refractivity contribution in [2.45, 2.75) is 18.8 Å². The molecule has 2 amide bonds. The second-order valence-corrected chi connectivity index (χ2v) is 7.79. The second-order valence-electron chi connectivity index (χ2n) is 7.79. The van der Waals surface area contributed by atoms with E-state index in [2.05, 4.69) is 6.58 Å². The highest BCUT2D eigenvalue weighted by Gasteiger charge is 2.28. The monoisotopic (exact) mass is 430 g/mol. The Morgan fingerprint density at radius 1 is 1.00 bits per heavy atom. The lowest BCUT2D eigenvalue weighted by Gasteiger charge is -2.31. The molecule has 4 N–H and O–H groups in total. The van der Waals surface area contributed by atoms with Crippen LogP contribution in [0.4, 0.5) is 5.69 Å². The number of hydrogen-bond donors (Lipinski definition) is 2. The maximum Gasteiger partial charge on any atom is 0.267 e. The zero-order chi connectivity index (χ0) is 22.7. The molecule has 164 valence electrons. The number of nitrogens with zero attached hydrogens (tertiary/aromatic N) is 2. The molecule has 1 aliphatic rings. The molecule has 7 nitrogen and oxygen atoms in total. The van der Waals surface area contributed by atoms with Crippen LogP contribution in [-0.2, 0) is 4.79 Å². The lowest BCUT2D eigenvalue weighted by atomic mass is 9.90. The highest BCUT2D eigenvalue weighted by Crippen LogP contribution is 2.36. The average Bonchev–Trinajstić information content (AvgIpc) is 3.17. The Morgan fingerprint density at radius 3 is 2.22 bits per heavy atom. The number of ether oxygens (including phenoxy) is 1. The van der Waals surface area contributed by atoms with Crippen LogP contribution in [0.3, 0.4) is 0 Å². The number of para-hydroxylation sites is 1. The average molecular weight is 431 g/mol. The number of rotatable bonds is 6. The van der Waals surface area contributed by atoms with Gasteiger partial charge in [0, 0.05) is 25.0 Å². The number of nitrogens with two attached hydrogens (primary N) is 2. The number of aromatic nitrogens is 1. The van der Waals surface area contributed by atoms with E-state index < -0.39 is 5.91 Å². The van der Waals surface area contributed by atoms with Gasteiger partial charge in [-0.3, -0.25) is 9.59 Å². The quantitative estimate of drug-likeness (QED) is 0.580. The van der Waals surface area contributed by atoms with Gasteiger partial charge in [-0.2, -0.15) is 0 Å². The highest BCUT2D eigenvalue weighted by molar-refractivity contribution is 5.98. The SMILES string of the molecule is C=CC(=O)N1CCC(c2cn(-c3ccc(Oc4ccccc4)cc3)c(C(N)=O)c2N)CC1. The maximum atomic E-state index is 12.2. The first kappa shape index (κ1) is 21.2. The number of primary amides is 1. The van der Waals surface area contributed by atoms with Crippen molar-refractivity contribution in [3.8, 4) is 17.2 Å². The van der Waals surface area contributed by atoms with Crippen molar-refractivity contribution >= 4 is 17.5 Å². The lowest BCUT2D eigenvalue weighted by Crippen LogP contribution is -2.36. The van der Waals surface area contributed by atoms with Gasteiger partial charge in [0.1, 0.15) is 17.2 Å². The van der Waals surface area contributed by atoms with Crippen molar-refractivity contribution in [1.29, 1.82) is 0 Å². The maximum absolute atomic E-state index is 12.2. The number of hydrogen-bond acceptors (Lipinski definition) is 4. The Bertz CT molecular complexity index is 1130. The van der Waals surface area contributed by atoms with Crippen molar-refractivity contribution in [3.63, 3.8) is 0 Å². The fourth-order valence-electron chi connectivity index (χ4n) is 4.16. The van der Waals surface area contributed by atoms with Crippen LogP contribution in [-0.4, -0.2) is 34.4 Å². The van der Waals surface area contributed by atoms with Crippen molar-refractivity contribution in [2.24, 2.45) is 5.73 Å². The van der Waals surface area contributed by atoms with E-state index in [-0.39, 0.29) is 17.5 Å². The van der Waals surface area contributed by atoms with E-state index in [1.165, 1.54) is 6.08 Å². The molecule has 0 bridgehead atoms. The third-order valence-corrected chi connectivity index (χ3v) is 5.82. The van der Waals surface area contributed by atoms with Gasteiger partial charge in [-0.1, -0.05) is 24.8 Å². The summed E-state index contributed by atoms with van der Waals surface area (Å²) in [6.07, 6.45) is 4.74. The normalized spacial score (nSPS) is 14.2. The van der Waals surface area contributed by atoms with E-state index >= 15 is 0 Å². The van der Waals surface area contributed by atoms with E-state index in [0.29, 0.717) is 24.5 Å². The molecular formula is C25H26N4O3. The molecule has 1 aromatic heterocycles. The molecule has 2 heterocycles. The summed E-state index contributed by atoms with van der Waals surface area (Å²) in [4.78, 5) is 25.9. The summed E-state index contributed by atoms with van der Waals surface area (Å²) in [5.74, 6) is 0.915. The van der Waals surface area contributed by atoms with Crippen molar-refractivity contribution in [1.82, 2.24) is 9.47 Å². The van der Waals surface area contributed by atoms with E-state index in [0.717, 1.165) is 29.8 Å². The first-order chi connectivity index (χ1) is 15.5. The second kappa shape index (κ2) is 9.01. The predicted octanol–water partition coefficient (Wildman–Crippen LogP) is 3.84. The first-order valence-electron chi connectivity index (χ1n) is 10.5. The summed E-state index contributed by atoms with van der Waals surface area (Å²) in [6.45, 7) is 4.79. The molecule has 0 aliphatic carbocycles. The van der Waals surface area contributed by atoms with Gasteiger partial charge in [0.2, 0.25) is 5.91 Å². The molecule has 0 saturated carbocycles. The van der Waals surface area contributed by atoms with Gasteiger partial charge in [-0.15, -0.1) is 0 Å². The Kier molecular flexibility index (Phi) is 5.98. The van der Waals surface area contributed by atoms with E-state index in [1.54, 1.807) is 9.47 Å². The fourth-order valence-corrected chi connectivity index (χ4v) is 4.16. The Morgan fingerprint density at radius 2 is 1.62 bits per heavy atom. The number of anilines is 1. The molecule has 7 heteroatoms. The molecule has 0 unspecified atom stereocenters. The smallest absolute Gasteiger partial charge is 0.267 e. The summed E-state index contributed by atoms with van der Waals surface area (Å²) in [5, 5.41) is 0. The number of piperidine rings is 1. The van der Waals surface area contributed by atoms with Gasteiger partial charge >= 0.3 is 0 Å². The molecule has 0 radical (unpaired) electrons. The summed E-state index contributed by atoms with van der Waals surface area (Å²) in [7, 11) is 0. The van der Waals surface area contributed by atoms with Crippen LogP contribution in [0.1, 0.15) is 34.8 Å². The Balaban J connectivity index is 1.58. The number of carbonyl (C=O) groups excluding carboxylic acids is 2. The topological polar surface area (TPSA) is 104 Å². The number of amides is 2. The summed E-state index contributed by atoms with van der Waals surface area (Å²) >= 11 is 0. The summed E-state index contributed by atoms with van der Waals surface area (Å²) in [6, 6.07) is 16.9. The molecule has 32 heavy (non-hydrogen) atoms. The lowest BCUT2D eigenvalue weighted by molar-refractivity contribution is -0.127. The molecule has 1 saturated heterocycles. The van der Waals surface area contributed by atoms with Gasteiger partial charge in [-0.05, 0) is 66.8 Å². The molecule has 0 spiro atoms. The molecule has 1 fully saturated rings. The van der Waals surface area contributed by atoms with E-state index in [1.807, 2.05) is 60.8 Å². The highest BCUT2D eigenvalue weighted by atomic mass is 16.5. The number of benzene rings is 2. The van der Waals surface area contributed by atoms with Gasteiger partial charge in [-0.25, -0.2) is 0 Å². The third kappa shape index (κ3) is 4.23. The van der Waals surface area contributed by atoms with E-state index in [4.69, 9.17) is 16.2 Å². The molecule has 4 rings (SSSR count). The van der Waals surface area contributed by atoms with Crippen LogP contribution in [0.25, 0.3) is 5.69 Å². The van der Waals surface area contributed by atoms with Crippen LogP contribution in [0.15, 0.2) is 73.4 Å². The van der Waals surface area contributed by atoms with E-state index in [9.17, 15) is 9.59 Å². The van der Waals surface area contributed by atoms with Gasteiger partial charge < -0.3 is 25.7 Å². The van der Waals surface area contributed by atoms with Crippen LogP contribution >= 0.6 is 0 Å². The van der Waals surface area contributed by atoms with Crippen LogP contribution in [0, 0.1) is 0 Å². The zero-order valence-corrected chi connectivity index (χ0v) is 17.7. The summed E-state index contributed by atoms with van der Waals surface area (Å²) < 4.78 is 7.58. The number of carbonyl (C=O) groups is 2. The molecule has 0 atom stereocenters. The largest absolute Gasteiger partial charge is 0.457 e. The Labute approximate surface area is 186 Å². The van der Waals surface area contributed by atoms with Crippen molar-refractivity contribution < 1.29 is 14.3 Å². The van der Waals surface area contributed by atoms with Crippen LogP contribution < -0.4 is 16.2 Å². The van der Waals surface area contributed by atoms with Gasteiger partial charge in [0.25, 0.3) is 5.91 Å². The Hall–Kier alpha value is -4.00. The molecular weight excluding hydrogens is 404 g/mol. The molecule has 1 aliphatic heterocycles. The zero-order valence-electron chi connectivity index (χ0n) is 17.7. The minimum absolute atomic E-state index is 0.0652. The fraction of sp³-hybridized carbons (Fsp3) is 0.200. The number of likely N-dealkylation sites (tertiary alicyclic amines) is 1. The van der Waals surface area contributed by atoms with Gasteiger partial charge in [0.05, 0.1) is 5.69 Å².